The van der Waals surface area contributed by atoms with Crippen LogP contribution in [0, 0.1) is 6.07 Å². The van der Waals surface area contributed by atoms with Gasteiger partial charge in [0, 0.05) is 25.5 Å². The van der Waals surface area contributed by atoms with Crippen molar-refractivity contribution < 1.29 is 28.5 Å². The van der Waals surface area contributed by atoms with Crippen LogP contribution in [0.4, 0.5) is 0 Å². The van der Waals surface area contributed by atoms with E-state index in [1.165, 1.54) is 11.1 Å². The number of benzene rings is 4. The first-order valence-corrected chi connectivity index (χ1v) is 11.6. The van der Waals surface area contributed by atoms with Crippen molar-refractivity contribution in [3.05, 3.63) is 91.0 Å². The predicted molar refractivity (Wildman–Crippen MR) is 121 cm³/mol. The molecule has 0 saturated carbocycles. The van der Waals surface area contributed by atoms with Gasteiger partial charge < -0.3 is 0 Å². The number of sulfone groups is 1. The van der Waals surface area contributed by atoms with Gasteiger partial charge in [-0.1, -0.05) is 66.2 Å². The van der Waals surface area contributed by atoms with E-state index in [0.29, 0.717) is 21.0 Å². The van der Waals surface area contributed by atoms with Gasteiger partial charge in [-0.15, -0.1) is 23.8 Å². The Bertz CT molecular complexity index is 1710. The van der Waals surface area contributed by atoms with Crippen LogP contribution in [0.5, 0.6) is 0 Å². The second-order valence-electron chi connectivity index (χ2n) is 7.90. The zero-order valence-corrected chi connectivity index (χ0v) is 19.8. The summed E-state index contributed by atoms with van der Waals surface area (Å²) in [7, 11) is -3.64. The van der Waals surface area contributed by atoms with Crippen LogP contribution in [0.1, 0.15) is 0 Å². The first kappa shape index (κ1) is 19.6. The van der Waals surface area contributed by atoms with Gasteiger partial charge >= 0.3 is 0 Å². The van der Waals surface area contributed by atoms with Gasteiger partial charge in [0.15, 0.2) is 9.84 Å². The smallest absolute Gasteiger partial charge is 0.173 e. The Morgan fingerprint density at radius 2 is 1.38 bits per heavy atom. The Labute approximate surface area is 199 Å². The summed E-state index contributed by atoms with van der Waals surface area (Å²) in [6, 6.07) is 30.4. The summed E-state index contributed by atoms with van der Waals surface area (Å²) in [6.45, 7) is 0. The van der Waals surface area contributed by atoms with Crippen molar-refractivity contribution in [3.63, 3.8) is 0 Å². The Balaban J connectivity index is 0.00000196. The quantitative estimate of drug-likeness (QED) is 0.210. The van der Waals surface area contributed by atoms with Crippen LogP contribution >= 0.6 is 0 Å². The third kappa shape index (κ3) is 2.39. The number of hydrogen-bond acceptors (Lipinski definition) is 3. The van der Waals surface area contributed by atoms with E-state index in [1.807, 2.05) is 48.5 Å². The fourth-order valence-corrected chi connectivity index (χ4v) is 6.85. The van der Waals surface area contributed by atoms with E-state index < -0.39 is 9.84 Å². The number of nitrogens with zero attached hydrogens (tertiary/aromatic N) is 1. The molecule has 3 nitrogen and oxygen atoms in total. The van der Waals surface area contributed by atoms with E-state index in [2.05, 4.69) is 24.3 Å². The standard InChI is InChI=1S/C27H14NO2S.Ir/c29-31(30)25-14-4-3-9-18(25)20-11-5-12-21(27(20)31)24-15-22-17-8-2-1-7-16(17)19-10-6-13-23(28-24)26(19)22;/h1-11,13-15H;/q-1;. The van der Waals surface area contributed by atoms with Crippen molar-refractivity contribution in [3.8, 4) is 44.6 Å². The van der Waals surface area contributed by atoms with E-state index in [4.69, 9.17) is 4.98 Å². The minimum absolute atomic E-state index is 0. The average molecular weight is 609 g/mol. The Hall–Kier alpha value is -3.11. The zero-order valence-electron chi connectivity index (χ0n) is 16.6. The summed E-state index contributed by atoms with van der Waals surface area (Å²) in [5, 5.41) is 1.12. The van der Waals surface area contributed by atoms with Gasteiger partial charge in [-0.3, -0.25) is 4.98 Å². The molecule has 32 heavy (non-hydrogen) atoms. The molecule has 0 bridgehead atoms. The molecule has 2 aliphatic rings. The van der Waals surface area contributed by atoms with Crippen molar-refractivity contribution in [2.24, 2.45) is 0 Å². The number of pyridine rings is 1. The van der Waals surface area contributed by atoms with Gasteiger partial charge in [-0.25, -0.2) is 8.42 Å². The van der Waals surface area contributed by atoms with Gasteiger partial charge in [0.05, 0.1) is 10.4 Å². The summed E-state index contributed by atoms with van der Waals surface area (Å²) >= 11 is 0. The molecule has 0 saturated heterocycles. The molecule has 0 N–H and O–H groups in total. The number of fused-ring (bicyclic) bond motifs is 6. The van der Waals surface area contributed by atoms with Crippen LogP contribution in [0.2, 0.25) is 0 Å². The maximum absolute atomic E-state index is 13.4. The molecular formula is C27H14IrNO2S-. The van der Waals surface area contributed by atoms with Crippen molar-refractivity contribution >= 4 is 20.7 Å². The molecule has 2 heterocycles. The van der Waals surface area contributed by atoms with Gasteiger partial charge in [0.25, 0.3) is 0 Å². The van der Waals surface area contributed by atoms with Crippen LogP contribution in [0.15, 0.2) is 94.7 Å². The first-order chi connectivity index (χ1) is 15.1. The summed E-state index contributed by atoms with van der Waals surface area (Å²) < 4.78 is 26.9. The first-order valence-electron chi connectivity index (χ1n) is 10.1. The second kappa shape index (κ2) is 6.69. The fourth-order valence-electron chi connectivity index (χ4n) is 5.00. The average Bonchev–Trinajstić information content (AvgIpc) is 3.25. The monoisotopic (exact) mass is 609 g/mol. The van der Waals surface area contributed by atoms with Crippen molar-refractivity contribution in [1.82, 2.24) is 4.98 Å². The topological polar surface area (TPSA) is 47.0 Å². The summed E-state index contributed by atoms with van der Waals surface area (Å²) in [6.07, 6.45) is 0. The van der Waals surface area contributed by atoms with Crippen LogP contribution in [0.3, 0.4) is 0 Å². The molecule has 0 amide bonds. The molecule has 0 spiro atoms. The largest absolute Gasteiger partial charge is 0.296 e. The van der Waals surface area contributed by atoms with Crippen molar-refractivity contribution in [1.29, 1.82) is 0 Å². The van der Waals surface area contributed by atoms with Crippen molar-refractivity contribution in [2.45, 2.75) is 9.79 Å². The van der Waals surface area contributed by atoms with Crippen LogP contribution in [0.25, 0.3) is 55.5 Å². The SMILES string of the molecule is O=S1(=O)c2ccccc2-c2cc[c-]c(-c3cc4c5c(cccc5n3)-c3ccccc3-4)c21.[Ir]. The van der Waals surface area contributed by atoms with E-state index in [9.17, 15) is 8.42 Å². The van der Waals surface area contributed by atoms with Crippen molar-refractivity contribution in [2.75, 3.05) is 0 Å². The molecule has 1 radical (unpaired) electrons. The Kier molecular flexibility index (Phi) is 4.09. The molecular weight excluding hydrogens is 595 g/mol. The third-order valence-electron chi connectivity index (χ3n) is 6.28. The van der Waals surface area contributed by atoms with Crippen LogP contribution < -0.4 is 0 Å². The molecule has 7 rings (SSSR count). The maximum atomic E-state index is 13.4. The van der Waals surface area contributed by atoms with E-state index >= 15 is 0 Å². The Morgan fingerprint density at radius 3 is 2.19 bits per heavy atom. The molecule has 1 aliphatic heterocycles. The second-order valence-corrected chi connectivity index (χ2v) is 9.75. The Morgan fingerprint density at radius 1 is 0.688 bits per heavy atom. The van der Waals surface area contributed by atoms with E-state index in [-0.39, 0.29) is 20.1 Å². The predicted octanol–water partition coefficient (Wildman–Crippen LogP) is 6.16. The molecule has 4 aromatic carbocycles. The fraction of sp³-hybridized carbons (Fsp3) is 0. The molecule has 1 aromatic heterocycles. The normalized spacial score (nSPS) is 13.9. The summed E-state index contributed by atoms with van der Waals surface area (Å²) in [4.78, 5) is 5.55. The van der Waals surface area contributed by atoms with Crippen LogP contribution in [-0.4, -0.2) is 13.4 Å². The van der Waals surface area contributed by atoms with Gasteiger partial charge in [0.2, 0.25) is 0 Å². The molecule has 1 aliphatic carbocycles. The van der Waals surface area contributed by atoms with Crippen LogP contribution in [-0.2, 0) is 29.9 Å². The minimum Gasteiger partial charge on any atom is -0.296 e. The summed E-state index contributed by atoms with van der Waals surface area (Å²) in [5.41, 5.74) is 8.07. The molecule has 0 fully saturated rings. The van der Waals surface area contributed by atoms with Gasteiger partial charge in [0.1, 0.15) is 0 Å². The molecule has 155 valence electrons. The van der Waals surface area contributed by atoms with Gasteiger partial charge in [-0.05, 0) is 50.5 Å². The summed E-state index contributed by atoms with van der Waals surface area (Å²) in [5.74, 6) is 0. The molecule has 0 atom stereocenters. The van der Waals surface area contributed by atoms with Gasteiger partial charge in [-0.2, -0.15) is 0 Å². The molecule has 5 heteroatoms. The molecule has 0 unspecified atom stereocenters. The van der Waals surface area contributed by atoms with E-state index in [0.717, 1.165) is 33.2 Å². The number of rotatable bonds is 1. The number of hydrogen-bond donors (Lipinski definition) is 0. The zero-order chi connectivity index (χ0) is 20.7. The third-order valence-corrected chi connectivity index (χ3v) is 8.18. The van der Waals surface area contributed by atoms with E-state index in [1.54, 1.807) is 18.2 Å². The molecule has 5 aromatic rings. The number of aromatic nitrogens is 1. The minimum atomic E-state index is -3.64. The maximum Gasteiger partial charge on any atom is 0.173 e.